The normalized spacial score (nSPS) is 17.5. The van der Waals surface area contributed by atoms with E-state index in [4.69, 9.17) is 4.74 Å². The van der Waals surface area contributed by atoms with Crippen molar-refractivity contribution in [3.8, 4) is 11.5 Å². The van der Waals surface area contributed by atoms with Gasteiger partial charge in [0.25, 0.3) is 0 Å². The number of carbonyl (C=O) groups excluding carboxylic acids is 1. The lowest BCUT2D eigenvalue weighted by atomic mass is 9.48. The van der Waals surface area contributed by atoms with Crippen LogP contribution in [0.3, 0.4) is 0 Å². The number of ether oxygens (including phenoxy) is 1. The lowest BCUT2D eigenvalue weighted by Crippen LogP contribution is -2.57. The number of para-hydroxylation sites is 1. The van der Waals surface area contributed by atoms with Gasteiger partial charge in [-0.2, -0.15) is 0 Å². The highest BCUT2D eigenvalue weighted by atomic mass is 32.1. The molecule has 2 aliphatic heterocycles. The van der Waals surface area contributed by atoms with Gasteiger partial charge in [0.05, 0.1) is 27.3 Å². The van der Waals surface area contributed by atoms with E-state index >= 15 is 0 Å². The van der Waals surface area contributed by atoms with Gasteiger partial charge in [-0.15, -0.1) is 11.3 Å². The lowest BCUT2D eigenvalue weighted by molar-refractivity contribution is 0.197. The fraction of sp³-hybridized carbons (Fsp3) is 0.241. The summed E-state index contributed by atoms with van der Waals surface area (Å²) < 4.78 is 6.01. The third-order valence-corrected chi connectivity index (χ3v) is 8.81. The molecule has 1 atom stereocenters. The fourth-order valence-corrected chi connectivity index (χ4v) is 6.67. The highest BCUT2D eigenvalue weighted by molar-refractivity contribution is 7.20. The summed E-state index contributed by atoms with van der Waals surface area (Å²) >= 11 is 1.56. The summed E-state index contributed by atoms with van der Waals surface area (Å²) in [6.07, 6.45) is 4.01. The number of aromatic nitrogens is 1. The molecule has 2 aromatic heterocycles. The number of aryl methyl sites for hydroxylation is 1. The monoisotopic (exact) mass is 547 g/mol. The topological polar surface area (TPSA) is 69.7 Å². The fourth-order valence-electron chi connectivity index (χ4n) is 5.62. The molecule has 4 aromatic rings. The average Bonchev–Trinajstić information content (AvgIpc) is 3.29. The molecule has 0 bridgehead atoms. The number of likely N-dealkylation sites (tertiary alicyclic amines) is 1. The molecule has 7 nitrogen and oxygen atoms in total. The van der Waals surface area contributed by atoms with Gasteiger partial charge in [-0.25, -0.2) is 9.78 Å². The number of pyridine rings is 1. The number of thiophene rings is 1. The minimum absolute atomic E-state index is 0.131. The van der Waals surface area contributed by atoms with Gasteiger partial charge in [0.15, 0.2) is 0 Å². The van der Waals surface area contributed by atoms with Crippen LogP contribution in [0, 0.1) is 6.92 Å². The molecule has 6 rings (SSSR count). The van der Waals surface area contributed by atoms with Crippen molar-refractivity contribution in [1.82, 2.24) is 15.2 Å². The van der Waals surface area contributed by atoms with Gasteiger partial charge in [0, 0.05) is 24.5 Å². The number of nitrogens with zero attached hydrogens (tertiary/aromatic N) is 3. The van der Waals surface area contributed by atoms with Crippen molar-refractivity contribution < 1.29 is 9.53 Å². The molecule has 0 saturated carbocycles. The zero-order valence-corrected chi connectivity index (χ0v) is 24.3. The lowest BCUT2D eigenvalue weighted by Gasteiger charge is -2.42. The summed E-state index contributed by atoms with van der Waals surface area (Å²) in [7, 11) is 6.79. The molecule has 2 N–H and O–H groups in total. The second-order valence-corrected chi connectivity index (χ2v) is 12.5. The zero-order valence-electron chi connectivity index (χ0n) is 23.5. The molecule has 4 heterocycles. The maximum Gasteiger partial charge on any atom is 0.331 e. The number of amides is 2. The van der Waals surface area contributed by atoms with Gasteiger partial charge in [0.1, 0.15) is 39.9 Å². The SMILES string of the molecule is BC(B)(B)N1CCC[C@@H](NC(=C)c2sc3nccc4c3c2NC(=O)N4c2ccc(Oc3ccccc3)cc2C)C1. The van der Waals surface area contributed by atoms with E-state index in [0.717, 1.165) is 80.8 Å². The average molecular weight is 547 g/mol. The molecule has 40 heavy (non-hydrogen) atoms. The number of piperidine rings is 1. The number of hydrogen-bond donors (Lipinski definition) is 2. The molecular weight excluding hydrogens is 515 g/mol. The van der Waals surface area contributed by atoms with Crippen molar-refractivity contribution in [1.29, 1.82) is 0 Å². The van der Waals surface area contributed by atoms with E-state index < -0.39 is 0 Å². The second kappa shape index (κ2) is 10.4. The highest BCUT2D eigenvalue weighted by Gasteiger charge is 2.33. The molecule has 2 aliphatic rings. The summed E-state index contributed by atoms with van der Waals surface area (Å²) in [5, 5.41) is 7.92. The molecule has 1 fully saturated rings. The van der Waals surface area contributed by atoms with Crippen molar-refractivity contribution >= 4 is 73.9 Å². The van der Waals surface area contributed by atoms with Crippen LogP contribution in [-0.2, 0) is 0 Å². The Morgan fingerprint density at radius 3 is 2.70 bits per heavy atom. The second-order valence-electron chi connectivity index (χ2n) is 11.5. The van der Waals surface area contributed by atoms with Gasteiger partial charge in [-0.1, -0.05) is 30.0 Å². The first-order valence-corrected chi connectivity index (χ1v) is 14.6. The largest absolute Gasteiger partial charge is 0.457 e. The highest BCUT2D eigenvalue weighted by Crippen LogP contribution is 2.48. The number of hydrogen-bond acceptors (Lipinski definition) is 6. The Bertz CT molecular complexity index is 1600. The summed E-state index contributed by atoms with van der Waals surface area (Å²) in [4.78, 5) is 24.4. The van der Waals surface area contributed by atoms with E-state index in [9.17, 15) is 4.79 Å². The summed E-state index contributed by atoms with van der Waals surface area (Å²) in [6, 6.07) is 17.5. The molecule has 0 radical (unpaired) electrons. The zero-order chi connectivity index (χ0) is 28.0. The van der Waals surface area contributed by atoms with Crippen LogP contribution in [0.1, 0.15) is 23.3 Å². The van der Waals surface area contributed by atoms with E-state index in [2.05, 4.69) is 50.6 Å². The van der Waals surface area contributed by atoms with Gasteiger partial charge in [0.2, 0.25) is 0 Å². The van der Waals surface area contributed by atoms with Crippen LogP contribution in [0.15, 0.2) is 67.4 Å². The van der Waals surface area contributed by atoms with Crippen LogP contribution in [0.2, 0.25) is 0 Å². The Hall–Kier alpha value is -3.69. The number of urea groups is 1. The van der Waals surface area contributed by atoms with Crippen molar-refractivity contribution in [2.24, 2.45) is 0 Å². The van der Waals surface area contributed by atoms with Crippen molar-refractivity contribution in [2.45, 2.75) is 31.0 Å². The van der Waals surface area contributed by atoms with Crippen LogP contribution in [0.5, 0.6) is 11.5 Å². The number of benzene rings is 2. The van der Waals surface area contributed by atoms with Crippen LogP contribution in [0.25, 0.3) is 15.9 Å². The van der Waals surface area contributed by atoms with Crippen molar-refractivity contribution in [3.63, 3.8) is 0 Å². The Balaban J connectivity index is 1.29. The number of rotatable bonds is 7. The molecule has 0 spiro atoms. The Kier molecular flexibility index (Phi) is 6.88. The molecular formula is C29H32B3N5O2S. The minimum Gasteiger partial charge on any atom is -0.457 e. The Labute approximate surface area is 241 Å². The maximum absolute atomic E-state index is 13.7. The molecule has 2 amide bonds. The standard InChI is InChI=1S/C29H32B3N5O2S/c1-17-15-21(39-20-8-4-3-5-9-20)10-11-22(17)37-23-12-13-33-27-24(23)25(35-28(37)38)26(40-27)18(2)34-19-7-6-14-36(16-19)29(30,31)32/h3-5,8-13,15,19,34H,2,6-7,14,16,30-32H2,1H3,(H,35,38)/t19-/m1/s1. The van der Waals surface area contributed by atoms with Gasteiger partial charge in [-0.3, -0.25) is 4.90 Å². The van der Waals surface area contributed by atoms with Crippen molar-refractivity contribution in [2.75, 3.05) is 23.3 Å². The molecule has 200 valence electrons. The third kappa shape index (κ3) is 5.00. The van der Waals surface area contributed by atoms with Gasteiger partial charge >= 0.3 is 6.03 Å². The summed E-state index contributed by atoms with van der Waals surface area (Å²) in [5.41, 5.74) is 4.16. The summed E-state index contributed by atoms with van der Waals surface area (Å²) in [6.45, 7) is 8.47. The van der Waals surface area contributed by atoms with E-state index in [0.29, 0.717) is 6.04 Å². The molecule has 1 saturated heterocycles. The first kappa shape index (κ1) is 26.5. The number of carbonyl (C=O) groups is 1. The quantitative estimate of drug-likeness (QED) is 0.347. The van der Waals surface area contributed by atoms with E-state index in [1.165, 1.54) is 0 Å². The van der Waals surface area contributed by atoms with Crippen molar-refractivity contribution in [3.05, 3.63) is 77.8 Å². The predicted molar refractivity (Wildman–Crippen MR) is 174 cm³/mol. The van der Waals surface area contributed by atoms with Gasteiger partial charge < -0.3 is 20.3 Å². The molecule has 0 aliphatic carbocycles. The molecule has 0 unspecified atom stereocenters. The maximum atomic E-state index is 13.7. The molecule has 11 heteroatoms. The van der Waals surface area contributed by atoms with E-state index in [1.54, 1.807) is 22.4 Å². The predicted octanol–water partition coefficient (Wildman–Crippen LogP) is 3.62. The van der Waals surface area contributed by atoms with Crippen LogP contribution < -0.4 is 20.3 Å². The van der Waals surface area contributed by atoms with Crippen LogP contribution in [0.4, 0.5) is 21.9 Å². The smallest absolute Gasteiger partial charge is 0.331 e. The number of nitrogens with one attached hydrogen (secondary N) is 2. The van der Waals surface area contributed by atoms with E-state index in [1.807, 2.05) is 61.5 Å². The van der Waals surface area contributed by atoms with Gasteiger partial charge in [-0.05, 0) is 68.3 Å². The molecule has 2 aromatic carbocycles. The number of anilines is 3. The van der Waals surface area contributed by atoms with Crippen LogP contribution in [-0.4, -0.2) is 63.8 Å². The third-order valence-electron chi connectivity index (χ3n) is 7.66. The van der Waals surface area contributed by atoms with Crippen LogP contribution >= 0.6 is 11.3 Å². The first-order chi connectivity index (χ1) is 19.2. The minimum atomic E-state index is -0.205. The Morgan fingerprint density at radius 1 is 1.15 bits per heavy atom. The Morgan fingerprint density at radius 2 is 1.95 bits per heavy atom. The van der Waals surface area contributed by atoms with E-state index in [-0.39, 0.29) is 11.3 Å². The first-order valence-electron chi connectivity index (χ1n) is 13.8. The summed E-state index contributed by atoms with van der Waals surface area (Å²) in [5.74, 6) is 1.49.